The predicted molar refractivity (Wildman–Crippen MR) is 70.9 cm³/mol. The molecule has 2 N–H and O–H groups in total. The highest BCUT2D eigenvalue weighted by molar-refractivity contribution is 4.93. The number of nitrogens with zero attached hydrogens (tertiary/aromatic N) is 2. The summed E-state index contributed by atoms with van der Waals surface area (Å²) in [7, 11) is 0. The third-order valence-corrected chi connectivity index (χ3v) is 5.38. The van der Waals surface area contributed by atoms with Crippen LogP contribution < -0.4 is 5.73 Å². The number of fused-ring (bicyclic) bond motifs is 2. The maximum absolute atomic E-state index is 6.03. The second-order valence-electron chi connectivity index (χ2n) is 6.44. The summed E-state index contributed by atoms with van der Waals surface area (Å²) in [6, 6.07) is 1.29. The van der Waals surface area contributed by atoms with Gasteiger partial charge in [0, 0.05) is 18.6 Å². The van der Waals surface area contributed by atoms with Gasteiger partial charge >= 0.3 is 0 Å². The minimum atomic E-state index is 0.394. The molecule has 4 atom stereocenters. The van der Waals surface area contributed by atoms with Crippen LogP contribution in [0.4, 0.5) is 0 Å². The van der Waals surface area contributed by atoms with E-state index in [0.29, 0.717) is 6.04 Å². The van der Waals surface area contributed by atoms with Crippen molar-refractivity contribution in [3.8, 4) is 0 Å². The van der Waals surface area contributed by atoms with Crippen molar-refractivity contribution < 1.29 is 0 Å². The van der Waals surface area contributed by atoms with Crippen molar-refractivity contribution in [2.24, 2.45) is 17.6 Å². The molecule has 3 fully saturated rings. The van der Waals surface area contributed by atoms with Crippen LogP contribution in [0.2, 0.25) is 0 Å². The monoisotopic (exact) mass is 237 g/mol. The van der Waals surface area contributed by atoms with E-state index in [1.54, 1.807) is 0 Å². The molecule has 0 aromatic rings. The Morgan fingerprint density at radius 2 is 1.71 bits per heavy atom. The van der Waals surface area contributed by atoms with Gasteiger partial charge in [-0.15, -0.1) is 0 Å². The van der Waals surface area contributed by atoms with Crippen molar-refractivity contribution in [2.75, 3.05) is 32.7 Å². The van der Waals surface area contributed by atoms with E-state index < -0.39 is 0 Å². The van der Waals surface area contributed by atoms with Gasteiger partial charge in [0.2, 0.25) is 0 Å². The zero-order chi connectivity index (χ0) is 11.8. The van der Waals surface area contributed by atoms with Gasteiger partial charge in [0.05, 0.1) is 0 Å². The second-order valence-corrected chi connectivity index (χ2v) is 6.44. The summed E-state index contributed by atoms with van der Waals surface area (Å²) in [5.41, 5.74) is 6.03. The van der Waals surface area contributed by atoms with Gasteiger partial charge in [-0.3, -0.25) is 4.90 Å². The molecule has 98 valence electrons. The molecule has 3 aliphatic rings. The lowest BCUT2D eigenvalue weighted by molar-refractivity contribution is 0.0640. The minimum Gasteiger partial charge on any atom is -0.328 e. The van der Waals surface area contributed by atoms with Gasteiger partial charge in [0.25, 0.3) is 0 Å². The average molecular weight is 237 g/mol. The van der Waals surface area contributed by atoms with Crippen LogP contribution >= 0.6 is 0 Å². The first-order valence-corrected chi connectivity index (χ1v) is 7.46. The lowest BCUT2D eigenvalue weighted by atomic mass is 9.86. The number of likely N-dealkylation sites (tertiary alicyclic amines) is 1. The maximum atomic E-state index is 6.03. The third-order valence-electron chi connectivity index (χ3n) is 5.38. The van der Waals surface area contributed by atoms with E-state index in [2.05, 4.69) is 16.7 Å². The highest BCUT2D eigenvalue weighted by atomic mass is 15.2. The molecule has 0 aromatic heterocycles. The first-order valence-electron chi connectivity index (χ1n) is 7.46. The molecule has 3 nitrogen and oxygen atoms in total. The summed E-state index contributed by atoms with van der Waals surface area (Å²) >= 11 is 0. The average Bonchev–Trinajstić information content (AvgIpc) is 2.72. The Kier molecular flexibility index (Phi) is 3.42. The largest absolute Gasteiger partial charge is 0.328 e. The number of nitrogens with two attached hydrogens (primary N) is 1. The van der Waals surface area contributed by atoms with Gasteiger partial charge in [-0.2, -0.15) is 0 Å². The van der Waals surface area contributed by atoms with E-state index in [-0.39, 0.29) is 0 Å². The lowest BCUT2D eigenvalue weighted by Gasteiger charge is -2.43. The molecular weight excluding hydrogens is 210 g/mol. The van der Waals surface area contributed by atoms with E-state index in [1.807, 2.05) is 0 Å². The number of hydrogen-bond acceptors (Lipinski definition) is 3. The minimum absolute atomic E-state index is 0.394. The fourth-order valence-electron chi connectivity index (χ4n) is 4.19. The Balaban J connectivity index is 1.56. The summed E-state index contributed by atoms with van der Waals surface area (Å²) in [4.78, 5) is 5.43. The normalized spacial score (nSPS) is 41.6. The molecule has 3 heteroatoms. The topological polar surface area (TPSA) is 32.5 Å². The van der Waals surface area contributed by atoms with Crippen molar-refractivity contribution in [2.45, 2.75) is 44.7 Å². The summed E-state index contributed by atoms with van der Waals surface area (Å²) < 4.78 is 0. The molecule has 4 unspecified atom stereocenters. The van der Waals surface area contributed by atoms with Crippen molar-refractivity contribution in [3.63, 3.8) is 0 Å². The van der Waals surface area contributed by atoms with E-state index >= 15 is 0 Å². The summed E-state index contributed by atoms with van der Waals surface area (Å²) in [6.07, 6.45) is 5.50. The van der Waals surface area contributed by atoms with Crippen LogP contribution in [0.1, 0.15) is 32.6 Å². The number of hydrogen-bond donors (Lipinski definition) is 1. The molecule has 0 aliphatic carbocycles. The molecule has 0 aromatic carbocycles. The van der Waals surface area contributed by atoms with Crippen molar-refractivity contribution in [3.05, 3.63) is 0 Å². The quantitative estimate of drug-likeness (QED) is 0.782. The van der Waals surface area contributed by atoms with Crippen LogP contribution in [0.25, 0.3) is 0 Å². The third kappa shape index (κ3) is 2.38. The molecule has 0 saturated carbocycles. The number of piperidine rings is 2. The first-order chi connectivity index (χ1) is 8.24. The van der Waals surface area contributed by atoms with Gasteiger partial charge in [-0.1, -0.05) is 0 Å². The van der Waals surface area contributed by atoms with Gasteiger partial charge in [-0.25, -0.2) is 0 Å². The molecule has 2 bridgehead atoms. The first kappa shape index (κ1) is 11.9. The predicted octanol–water partition coefficient (Wildman–Crippen LogP) is 1.14. The molecule has 3 rings (SSSR count). The second kappa shape index (κ2) is 4.87. The highest BCUT2D eigenvalue weighted by Crippen LogP contribution is 2.33. The Morgan fingerprint density at radius 3 is 2.41 bits per heavy atom. The van der Waals surface area contributed by atoms with Crippen LogP contribution in [0.15, 0.2) is 0 Å². The molecule has 3 saturated heterocycles. The molecule has 0 amide bonds. The van der Waals surface area contributed by atoms with Crippen LogP contribution in [-0.4, -0.2) is 54.6 Å². The molecule has 0 spiro atoms. The zero-order valence-electron chi connectivity index (χ0n) is 11.1. The maximum Gasteiger partial charge on any atom is 0.0148 e. The van der Waals surface area contributed by atoms with Gasteiger partial charge in [-0.05, 0) is 70.6 Å². The van der Waals surface area contributed by atoms with Gasteiger partial charge in [0.15, 0.2) is 0 Å². The Morgan fingerprint density at radius 1 is 1.00 bits per heavy atom. The fraction of sp³-hybridized carbons (Fsp3) is 1.00. The van der Waals surface area contributed by atoms with Crippen LogP contribution in [0, 0.1) is 11.8 Å². The van der Waals surface area contributed by atoms with E-state index in [4.69, 9.17) is 5.73 Å². The molecule has 3 heterocycles. The van der Waals surface area contributed by atoms with E-state index in [9.17, 15) is 0 Å². The van der Waals surface area contributed by atoms with Crippen molar-refractivity contribution in [1.82, 2.24) is 9.80 Å². The van der Waals surface area contributed by atoms with Crippen LogP contribution in [0.5, 0.6) is 0 Å². The fourth-order valence-corrected chi connectivity index (χ4v) is 4.19. The molecule has 3 aliphatic heterocycles. The van der Waals surface area contributed by atoms with Crippen molar-refractivity contribution >= 4 is 0 Å². The van der Waals surface area contributed by atoms with E-state index in [0.717, 1.165) is 17.9 Å². The molecule has 0 radical (unpaired) electrons. The highest BCUT2D eigenvalue weighted by Gasteiger charge is 2.38. The zero-order valence-corrected chi connectivity index (χ0v) is 11.1. The van der Waals surface area contributed by atoms with Gasteiger partial charge < -0.3 is 10.6 Å². The van der Waals surface area contributed by atoms with Crippen LogP contribution in [-0.2, 0) is 0 Å². The SMILES string of the molecule is CC(N)C1CCN(C2CCN3CCC2C3)CC1. The standard InChI is InChI=1S/C14H27N3/c1-11(15)12-3-8-17(9-4-12)14-5-7-16-6-2-13(14)10-16/h11-14H,2-10,15H2,1H3. The number of rotatable bonds is 2. The molecule has 17 heavy (non-hydrogen) atoms. The Hall–Kier alpha value is -0.120. The van der Waals surface area contributed by atoms with Crippen LogP contribution in [0.3, 0.4) is 0 Å². The summed E-state index contributed by atoms with van der Waals surface area (Å²) in [5.74, 6) is 1.74. The summed E-state index contributed by atoms with van der Waals surface area (Å²) in [5, 5.41) is 0. The molecular formula is C14H27N3. The Labute approximate surface area is 105 Å². The van der Waals surface area contributed by atoms with E-state index in [1.165, 1.54) is 58.4 Å². The smallest absolute Gasteiger partial charge is 0.0148 e. The summed E-state index contributed by atoms with van der Waals surface area (Å²) in [6.45, 7) is 8.85. The Bertz CT molecular complexity index is 258. The van der Waals surface area contributed by atoms with Crippen molar-refractivity contribution in [1.29, 1.82) is 0 Å². The van der Waals surface area contributed by atoms with Gasteiger partial charge in [0.1, 0.15) is 0 Å². The lowest BCUT2D eigenvalue weighted by Crippen LogP contribution is -2.50.